The van der Waals surface area contributed by atoms with Gasteiger partial charge in [0.2, 0.25) is 0 Å². The molecule has 0 fully saturated rings. The Morgan fingerprint density at radius 2 is 1.93 bits per heavy atom. The molecular formula is C20H18F2N6O. The summed E-state index contributed by atoms with van der Waals surface area (Å²) in [5.41, 5.74) is 3.36. The van der Waals surface area contributed by atoms with Gasteiger partial charge in [0.1, 0.15) is 22.4 Å². The standard InChI is InChI=1S/C20H18F2N6O/c1-11-8-23-16(18-13(21)4-3-12(2)25-18)7-15(11)26-19-14(22)9-24-17-10-28(5-6-29)27-20(17)19/h3-4,7-10,29H,5-6H2,1-2H3,(H,23,26). The van der Waals surface area contributed by atoms with Crippen LogP contribution in [0.15, 0.2) is 36.8 Å². The number of hydrogen-bond acceptors (Lipinski definition) is 6. The Morgan fingerprint density at radius 1 is 1.10 bits per heavy atom. The molecule has 2 N–H and O–H groups in total. The number of nitrogens with zero attached hydrogens (tertiary/aromatic N) is 5. The maximum absolute atomic E-state index is 14.6. The molecule has 0 aromatic carbocycles. The average Bonchev–Trinajstić information content (AvgIpc) is 3.11. The summed E-state index contributed by atoms with van der Waals surface area (Å²) in [4.78, 5) is 12.5. The first kappa shape index (κ1) is 18.9. The van der Waals surface area contributed by atoms with Crippen LogP contribution in [-0.4, -0.2) is 36.4 Å². The second-order valence-corrected chi connectivity index (χ2v) is 6.62. The Hall–Kier alpha value is -3.46. The molecule has 0 radical (unpaired) electrons. The molecule has 9 heteroatoms. The Morgan fingerprint density at radius 3 is 2.72 bits per heavy atom. The average molecular weight is 396 g/mol. The number of aryl methyl sites for hydroxylation is 2. The fourth-order valence-corrected chi connectivity index (χ4v) is 2.97. The van der Waals surface area contributed by atoms with Crippen molar-refractivity contribution < 1.29 is 13.9 Å². The molecule has 0 unspecified atom stereocenters. The van der Waals surface area contributed by atoms with Crippen LogP contribution in [0.3, 0.4) is 0 Å². The van der Waals surface area contributed by atoms with Crippen LogP contribution in [-0.2, 0) is 6.54 Å². The number of hydrogen-bond donors (Lipinski definition) is 2. The van der Waals surface area contributed by atoms with Crippen molar-refractivity contribution in [3.63, 3.8) is 0 Å². The fourth-order valence-electron chi connectivity index (χ4n) is 2.97. The summed E-state index contributed by atoms with van der Waals surface area (Å²) >= 11 is 0. The van der Waals surface area contributed by atoms with Crippen LogP contribution in [0.5, 0.6) is 0 Å². The molecule has 4 heterocycles. The van der Waals surface area contributed by atoms with E-state index in [0.717, 1.165) is 11.8 Å². The molecule has 148 valence electrons. The number of aliphatic hydroxyl groups is 1. The van der Waals surface area contributed by atoms with E-state index in [0.29, 0.717) is 28.1 Å². The Kier molecular flexibility index (Phi) is 4.89. The van der Waals surface area contributed by atoms with Crippen molar-refractivity contribution in [1.82, 2.24) is 24.7 Å². The van der Waals surface area contributed by atoms with Gasteiger partial charge in [-0.3, -0.25) is 9.67 Å². The van der Waals surface area contributed by atoms with E-state index in [1.807, 2.05) is 0 Å². The van der Waals surface area contributed by atoms with Gasteiger partial charge in [-0.25, -0.2) is 18.7 Å². The fraction of sp³-hybridized carbons (Fsp3) is 0.200. The minimum Gasteiger partial charge on any atom is -0.394 e. The van der Waals surface area contributed by atoms with Crippen LogP contribution in [0, 0.1) is 25.5 Å². The van der Waals surface area contributed by atoms with Gasteiger partial charge >= 0.3 is 0 Å². The van der Waals surface area contributed by atoms with Crippen molar-refractivity contribution in [3.05, 3.63) is 59.7 Å². The molecule has 29 heavy (non-hydrogen) atoms. The summed E-state index contributed by atoms with van der Waals surface area (Å²) in [6.07, 6.45) is 4.31. The van der Waals surface area contributed by atoms with Crippen LogP contribution >= 0.6 is 0 Å². The Balaban J connectivity index is 1.79. The van der Waals surface area contributed by atoms with E-state index in [1.165, 1.54) is 10.7 Å². The summed E-state index contributed by atoms with van der Waals surface area (Å²) in [6.45, 7) is 3.75. The first-order valence-corrected chi connectivity index (χ1v) is 8.96. The van der Waals surface area contributed by atoms with E-state index in [4.69, 9.17) is 5.11 Å². The third-order valence-electron chi connectivity index (χ3n) is 4.45. The minimum atomic E-state index is -0.579. The largest absolute Gasteiger partial charge is 0.394 e. The summed E-state index contributed by atoms with van der Waals surface area (Å²) < 4.78 is 30.3. The third kappa shape index (κ3) is 3.64. The van der Waals surface area contributed by atoms with E-state index < -0.39 is 11.6 Å². The predicted octanol–water partition coefficient (Wildman–Crippen LogP) is 3.52. The van der Waals surface area contributed by atoms with Gasteiger partial charge in [-0.15, -0.1) is 0 Å². The third-order valence-corrected chi connectivity index (χ3v) is 4.45. The van der Waals surface area contributed by atoms with Gasteiger partial charge < -0.3 is 10.4 Å². The highest BCUT2D eigenvalue weighted by Crippen LogP contribution is 2.30. The second kappa shape index (κ2) is 7.51. The molecule has 0 aliphatic rings. The molecule has 0 atom stereocenters. The highest BCUT2D eigenvalue weighted by molar-refractivity contribution is 5.90. The number of pyridine rings is 3. The van der Waals surface area contributed by atoms with Crippen molar-refractivity contribution in [2.24, 2.45) is 0 Å². The normalized spacial score (nSPS) is 11.2. The molecule has 0 spiro atoms. The van der Waals surface area contributed by atoms with Crippen LogP contribution in [0.2, 0.25) is 0 Å². The van der Waals surface area contributed by atoms with E-state index in [9.17, 15) is 8.78 Å². The van der Waals surface area contributed by atoms with Crippen LogP contribution in [0.1, 0.15) is 11.3 Å². The molecule has 0 saturated carbocycles. The topological polar surface area (TPSA) is 88.8 Å². The van der Waals surface area contributed by atoms with Gasteiger partial charge in [-0.05, 0) is 37.6 Å². The number of nitrogens with one attached hydrogen (secondary N) is 1. The van der Waals surface area contributed by atoms with Gasteiger partial charge in [0, 0.05) is 17.6 Å². The molecule has 4 rings (SSSR count). The lowest BCUT2D eigenvalue weighted by Gasteiger charge is -2.12. The maximum Gasteiger partial charge on any atom is 0.167 e. The van der Waals surface area contributed by atoms with Crippen molar-refractivity contribution in [1.29, 1.82) is 0 Å². The van der Waals surface area contributed by atoms with E-state index in [1.54, 1.807) is 38.4 Å². The van der Waals surface area contributed by atoms with Gasteiger partial charge in [-0.2, -0.15) is 5.10 Å². The van der Waals surface area contributed by atoms with Gasteiger partial charge in [0.05, 0.1) is 31.2 Å². The highest BCUT2D eigenvalue weighted by Gasteiger charge is 2.16. The van der Waals surface area contributed by atoms with Crippen molar-refractivity contribution >= 4 is 22.4 Å². The Bertz CT molecular complexity index is 1210. The molecule has 0 amide bonds. The molecule has 7 nitrogen and oxygen atoms in total. The van der Waals surface area contributed by atoms with Crippen molar-refractivity contribution in [3.8, 4) is 11.4 Å². The zero-order valence-electron chi connectivity index (χ0n) is 15.8. The van der Waals surface area contributed by atoms with Crippen LogP contribution < -0.4 is 5.32 Å². The van der Waals surface area contributed by atoms with Gasteiger partial charge in [-0.1, -0.05) is 0 Å². The summed E-state index contributed by atoms with van der Waals surface area (Å²) in [6, 6.07) is 4.54. The number of halogens is 2. The number of aromatic nitrogens is 5. The minimum absolute atomic E-state index is 0.0961. The summed E-state index contributed by atoms with van der Waals surface area (Å²) in [5.74, 6) is -1.07. The SMILES string of the molecule is Cc1ccc(F)c(-c2cc(Nc3c(F)cnc4cn(CCO)nc34)c(C)cn2)n1. The first-order chi connectivity index (χ1) is 14.0. The quantitative estimate of drug-likeness (QED) is 0.537. The number of anilines is 2. The van der Waals surface area contributed by atoms with Crippen LogP contribution in [0.4, 0.5) is 20.2 Å². The molecule has 4 aromatic rings. The van der Waals surface area contributed by atoms with Crippen molar-refractivity contribution in [2.45, 2.75) is 20.4 Å². The maximum atomic E-state index is 14.6. The lowest BCUT2D eigenvalue weighted by atomic mass is 10.1. The highest BCUT2D eigenvalue weighted by atomic mass is 19.1. The molecule has 0 saturated heterocycles. The van der Waals surface area contributed by atoms with Crippen LogP contribution in [0.25, 0.3) is 22.4 Å². The molecule has 0 aliphatic heterocycles. The van der Waals surface area contributed by atoms with Crippen molar-refractivity contribution in [2.75, 3.05) is 11.9 Å². The van der Waals surface area contributed by atoms with Gasteiger partial charge in [0.25, 0.3) is 0 Å². The smallest absolute Gasteiger partial charge is 0.167 e. The zero-order chi connectivity index (χ0) is 20.5. The summed E-state index contributed by atoms with van der Waals surface area (Å²) in [5, 5.41) is 16.4. The molecular weight excluding hydrogens is 378 g/mol. The summed E-state index contributed by atoms with van der Waals surface area (Å²) in [7, 11) is 0. The van der Waals surface area contributed by atoms with E-state index in [2.05, 4.69) is 25.4 Å². The number of fused-ring (bicyclic) bond motifs is 1. The molecule has 4 aromatic heterocycles. The second-order valence-electron chi connectivity index (χ2n) is 6.62. The van der Waals surface area contributed by atoms with Gasteiger partial charge in [0.15, 0.2) is 11.6 Å². The lowest BCUT2D eigenvalue weighted by Crippen LogP contribution is -2.03. The van der Waals surface area contributed by atoms with E-state index >= 15 is 0 Å². The number of rotatable bonds is 5. The Labute approximate surface area is 165 Å². The lowest BCUT2D eigenvalue weighted by molar-refractivity contribution is 0.270. The number of aliphatic hydroxyl groups excluding tert-OH is 1. The predicted molar refractivity (Wildman–Crippen MR) is 105 cm³/mol. The zero-order valence-corrected chi connectivity index (χ0v) is 15.8. The molecule has 0 aliphatic carbocycles. The monoisotopic (exact) mass is 396 g/mol. The van der Waals surface area contributed by atoms with E-state index in [-0.39, 0.29) is 24.5 Å². The molecule has 0 bridgehead atoms. The first-order valence-electron chi connectivity index (χ1n) is 8.96.